The topological polar surface area (TPSA) is 43.1 Å². The van der Waals surface area contributed by atoms with Crippen LogP contribution in [0.5, 0.6) is 0 Å². The van der Waals surface area contributed by atoms with Gasteiger partial charge >= 0.3 is 0 Å². The molecular weight excluding hydrogens is 340 g/mol. The van der Waals surface area contributed by atoms with Crippen molar-refractivity contribution in [1.82, 2.24) is 0 Å². The number of halogens is 4. The number of carbonyl (C=O) groups excluding carboxylic acids is 1. The highest BCUT2D eigenvalue weighted by Crippen LogP contribution is 2.24. The lowest BCUT2D eigenvalue weighted by molar-refractivity contribution is 0.103. The van der Waals surface area contributed by atoms with Crippen LogP contribution >= 0.6 is 27.5 Å². The van der Waals surface area contributed by atoms with Gasteiger partial charge in [0.25, 0.3) is 0 Å². The molecule has 0 atom stereocenters. The molecule has 0 radical (unpaired) electrons. The van der Waals surface area contributed by atoms with Crippen molar-refractivity contribution in [3.05, 3.63) is 62.6 Å². The van der Waals surface area contributed by atoms with Gasteiger partial charge < -0.3 is 5.73 Å². The van der Waals surface area contributed by atoms with Crippen molar-refractivity contribution in [3.63, 3.8) is 0 Å². The summed E-state index contributed by atoms with van der Waals surface area (Å²) in [5, 5.41) is 0.251. The molecule has 2 aromatic rings. The van der Waals surface area contributed by atoms with E-state index in [0.717, 1.165) is 12.1 Å². The van der Waals surface area contributed by atoms with E-state index in [-0.39, 0.29) is 26.3 Å². The molecule has 0 heterocycles. The molecule has 98 valence electrons. The highest BCUT2D eigenvalue weighted by Gasteiger charge is 2.17. The third-order valence-electron chi connectivity index (χ3n) is 2.44. The lowest BCUT2D eigenvalue weighted by Crippen LogP contribution is -2.06. The Kier molecular flexibility index (Phi) is 3.87. The van der Waals surface area contributed by atoms with E-state index in [1.165, 1.54) is 18.2 Å². The van der Waals surface area contributed by atoms with Gasteiger partial charge in [-0.25, -0.2) is 8.78 Å². The molecule has 0 unspecified atom stereocenters. The Hall–Kier alpha value is -1.46. The summed E-state index contributed by atoms with van der Waals surface area (Å²) < 4.78 is 27.0. The third kappa shape index (κ3) is 2.93. The van der Waals surface area contributed by atoms with Gasteiger partial charge in [-0.15, -0.1) is 0 Å². The van der Waals surface area contributed by atoms with Gasteiger partial charge in [0.15, 0.2) is 5.78 Å². The molecule has 6 heteroatoms. The summed E-state index contributed by atoms with van der Waals surface area (Å²) in [6.45, 7) is 0. The van der Waals surface area contributed by atoms with Gasteiger partial charge in [0.05, 0.1) is 10.0 Å². The Bertz CT molecular complexity index is 656. The zero-order valence-corrected chi connectivity index (χ0v) is 11.7. The van der Waals surface area contributed by atoms with Crippen LogP contribution < -0.4 is 5.73 Å². The van der Waals surface area contributed by atoms with Gasteiger partial charge in [-0.05, 0) is 46.3 Å². The molecule has 19 heavy (non-hydrogen) atoms. The summed E-state index contributed by atoms with van der Waals surface area (Å²) in [5.74, 6) is -2.23. The minimum Gasteiger partial charge on any atom is -0.399 e. The Morgan fingerprint density at radius 1 is 1.11 bits per heavy atom. The molecule has 0 bridgehead atoms. The number of nitrogens with two attached hydrogens (primary N) is 1. The van der Waals surface area contributed by atoms with E-state index in [9.17, 15) is 13.6 Å². The van der Waals surface area contributed by atoms with E-state index >= 15 is 0 Å². The van der Waals surface area contributed by atoms with Gasteiger partial charge in [-0.1, -0.05) is 11.6 Å². The maximum atomic E-state index is 13.7. The smallest absolute Gasteiger partial charge is 0.196 e. The molecule has 0 aromatic heterocycles. The molecule has 2 rings (SSSR count). The fraction of sp³-hybridized carbons (Fsp3) is 0. The van der Waals surface area contributed by atoms with Crippen LogP contribution in [-0.4, -0.2) is 5.78 Å². The first kappa shape index (κ1) is 14.0. The minimum atomic E-state index is -0.822. The molecule has 2 N–H and O–H groups in total. The van der Waals surface area contributed by atoms with Crippen LogP contribution in [-0.2, 0) is 0 Å². The normalized spacial score (nSPS) is 10.5. The van der Waals surface area contributed by atoms with E-state index in [0.29, 0.717) is 0 Å². The molecule has 2 nitrogen and oxygen atoms in total. The van der Waals surface area contributed by atoms with Crippen molar-refractivity contribution < 1.29 is 13.6 Å². The van der Waals surface area contributed by atoms with Crippen LogP contribution in [0.25, 0.3) is 0 Å². The Morgan fingerprint density at radius 2 is 1.79 bits per heavy atom. The highest BCUT2D eigenvalue weighted by atomic mass is 79.9. The summed E-state index contributed by atoms with van der Waals surface area (Å²) in [6.07, 6.45) is 0. The molecule has 0 fully saturated rings. The summed E-state index contributed by atoms with van der Waals surface area (Å²) in [5.41, 5.74) is 5.56. The predicted octanol–water partition coefficient (Wildman–Crippen LogP) is 4.19. The maximum absolute atomic E-state index is 13.7. The largest absolute Gasteiger partial charge is 0.399 e. The standard InChI is InChI=1S/C13H7BrClF2NO/c14-10-5-11(16)9(4-12(10)17)13(19)6-1-7(15)3-8(18)2-6/h1-5H,18H2. The van der Waals surface area contributed by atoms with Gasteiger partial charge in [0, 0.05) is 16.3 Å². The Balaban J connectivity index is 2.53. The number of ketones is 1. The van der Waals surface area contributed by atoms with Crippen molar-refractivity contribution in [2.45, 2.75) is 0 Å². The van der Waals surface area contributed by atoms with Crippen LogP contribution in [0.3, 0.4) is 0 Å². The minimum absolute atomic E-state index is 0.0489. The van der Waals surface area contributed by atoms with Gasteiger partial charge in [-0.2, -0.15) is 0 Å². The summed E-state index contributed by atoms with van der Waals surface area (Å²) in [7, 11) is 0. The molecular formula is C13H7BrClF2NO. The number of benzene rings is 2. The second kappa shape index (κ2) is 5.27. The van der Waals surface area contributed by atoms with Crippen LogP contribution in [0.15, 0.2) is 34.8 Å². The van der Waals surface area contributed by atoms with Crippen molar-refractivity contribution in [1.29, 1.82) is 0 Å². The lowest BCUT2D eigenvalue weighted by atomic mass is 10.0. The molecule has 0 saturated carbocycles. The van der Waals surface area contributed by atoms with Crippen LogP contribution in [0, 0.1) is 11.6 Å². The quantitative estimate of drug-likeness (QED) is 0.503. The maximum Gasteiger partial charge on any atom is 0.196 e. The number of hydrogen-bond donors (Lipinski definition) is 1. The first-order valence-electron chi connectivity index (χ1n) is 5.14. The highest BCUT2D eigenvalue weighted by molar-refractivity contribution is 9.10. The zero-order chi connectivity index (χ0) is 14.2. The number of carbonyl (C=O) groups is 1. The van der Waals surface area contributed by atoms with E-state index in [2.05, 4.69) is 15.9 Å². The third-order valence-corrected chi connectivity index (χ3v) is 3.26. The number of rotatable bonds is 2. The fourth-order valence-electron chi connectivity index (χ4n) is 1.60. The van der Waals surface area contributed by atoms with E-state index < -0.39 is 17.4 Å². The van der Waals surface area contributed by atoms with Gasteiger partial charge in [0.1, 0.15) is 11.6 Å². The average molecular weight is 347 g/mol. The SMILES string of the molecule is Nc1cc(Cl)cc(C(=O)c2cc(F)c(Br)cc2F)c1. The monoisotopic (exact) mass is 345 g/mol. The van der Waals surface area contributed by atoms with E-state index in [1.807, 2.05) is 0 Å². The molecule has 0 aliphatic heterocycles. The molecule has 0 aliphatic carbocycles. The van der Waals surface area contributed by atoms with E-state index in [4.69, 9.17) is 17.3 Å². The second-order valence-electron chi connectivity index (χ2n) is 3.85. The van der Waals surface area contributed by atoms with Crippen molar-refractivity contribution in [2.75, 3.05) is 5.73 Å². The molecule has 0 spiro atoms. The number of anilines is 1. The summed E-state index contributed by atoms with van der Waals surface area (Å²) in [4.78, 5) is 12.1. The van der Waals surface area contributed by atoms with Crippen LogP contribution in [0.2, 0.25) is 5.02 Å². The first-order valence-corrected chi connectivity index (χ1v) is 6.31. The van der Waals surface area contributed by atoms with Gasteiger partial charge in [0.2, 0.25) is 0 Å². The fourth-order valence-corrected chi connectivity index (χ4v) is 2.15. The van der Waals surface area contributed by atoms with Crippen molar-refractivity contribution in [2.24, 2.45) is 0 Å². The predicted molar refractivity (Wildman–Crippen MR) is 73.4 cm³/mol. The van der Waals surface area contributed by atoms with Gasteiger partial charge in [-0.3, -0.25) is 4.79 Å². The Morgan fingerprint density at radius 3 is 2.42 bits per heavy atom. The second-order valence-corrected chi connectivity index (χ2v) is 5.14. The molecule has 2 aromatic carbocycles. The molecule has 0 amide bonds. The van der Waals surface area contributed by atoms with Crippen molar-refractivity contribution >= 4 is 39.0 Å². The molecule has 0 aliphatic rings. The lowest BCUT2D eigenvalue weighted by Gasteiger charge is -2.06. The van der Waals surface area contributed by atoms with Crippen LogP contribution in [0.1, 0.15) is 15.9 Å². The zero-order valence-electron chi connectivity index (χ0n) is 9.38. The first-order chi connectivity index (χ1) is 8.88. The number of nitrogen functional groups attached to an aromatic ring is 1. The number of hydrogen-bond acceptors (Lipinski definition) is 2. The summed E-state index contributed by atoms with van der Waals surface area (Å²) >= 11 is 8.61. The Labute approximate surface area is 121 Å². The average Bonchev–Trinajstić information content (AvgIpc) is 2.31. The van der Waals surface area contributed by atoms with Crippen LogP contribution in [0.4, 0.5) is 14.5 Å². The van der Waals surface area contributed by atoms with Crippen molar-refractivity contribution in [3.8, 4) is 0 Å². The summed E-state index contributed by atoms with van der Waals surface area (Å²) in [6, 6.07) is 5.89. The molecule has 0 saturated heterocycles. The van der Waals surface area contributed by atoms with E-state index in [1.54, 1.807) is 0 Å².